The maximum Gasteiger partial charge on any atom is 0.159 e. The fourth-order valence-corrected chi connectivity index (χ4v) is 15.0. The van der Waals surface area contributed by atoms with Crippen LogP contribution in [-0.2, 0) is 6.04 Å². The average molecular weight is 1040 g/mol. The van der Waals surface area contributed by atoms with Gasteiger partial charge in [-0.05, 0) is 112 Å². The van der Waals surface area contributed by atoms with E-state index in [0.29, 0.717) is 0 Å². The second-order valence-corrected chi connectivity index (χ2v) is 31.1. The number of aryl methyl sites for hydroxylation is 2. The molecule has 0 saturated carbocycles. The van der Waals surface area contributed by atoms with Gasteiger partial charge < -0.3 is 18.6 Å². The molecule has 0 atom stereocenters. The first kappa shape index (κ1) is 47.7. The zero-order valence-corrected chi connectivity index (χ0v) is 47.4. The molecule has 12 aromatic carbocycles. The summed E-state index contributed by atoms with van der Waals surface area (Å²) in [6, 6.07) is 81.6. The fourth-order valence-electron chi connectivity index (χ4n) is 12.6. The highest BCUT2D eigenvalue weighted by molar-refractivity contribution is 6.88. The van der Waals surface area contributed by atoms with Gasteiger partial charge in [-0.3, -0.25) is 0 Å². The largest absolute Gasteiger partial charge is 0.453 e. The Morgan fingerprint density at radius 1 is 0.372 bits per heavy atom. The number of fused-ring (bicyclic) bond motifs is 6. The Bertz CT molecular complexity index is 4640. The highest BCUT2D eigenvalue weighted by atomic mass is 28.3. The number of rotatable bonds is 11. The lowest BCUT2D eigenvalue weighted by atomic mass is 9.91. The minimum absolute atomic E-state index is 0.756. The third-order valence-electron chi connectivity index (χ3n) is 16.2. The first-order chi connectivity index (χ1) is 38.0. The molecule has 0 amide bonds. The van der Waals surface area contributed by atoms with E-state index in [9.17, 15) is 0 Å². The number of nitrogens with zero attached hydrogens (tertiary/aromatic N) is 2. The Labute approximate surface area is 458 Å². The summed E-state index contributed by atoms with van der Waals surface area (Å²) in [6.07, 6.45) is 0. The van der Waals surface area contributed by atoms with Gasteiger partial charge in [-0.2, -0.15) is 0 Å². The molecule has 0 aliphatic heterocycles. The smallest absolute Gasteiger partial charge is 0.159 e. The molecule has 4 nitrogen and oxygen atoms in total. The van der Waals surface area contributed by atoms with Gasteiger partial charge in [-0.15, -0.1) is 0 Å². The summed E-state index contributed by atoms with van der Waals surface area (Å²) in [4.78, 5) is 4.81. The van der Waals surface area contributed by atoms with Gasteiger partial charge in [0.05, 0.1) is 30.8 Å². The van der Waals surface area contributed by atoms with Crippen molar-refractivity contribution in [3.63, 3.8) is 0 Å². The van der Waals surface area contributed by atoms with Crippen LogP contribution < -0.4 is 15.0 Å². The van der Waals surface area contributed by atoms with Crippen molar-refractivity contribution < 1.29 is 8.83 Å². The molecule has 14 aromatic rings. The molecule has 2 heterocycles. The molecule has 14 rings (SSSR count). The monoisotopic (exact) mass is 1040 g/mol. The van der Waals surface area contributed by atoms with Crippen molar-refractivity contribution in [2.24, 2.45) is 0 Å². The van der Waals surface area contributed by atoms with E-state index < -0.39 is 16.9 Å². The van der Waals surface area contributed by atoms with E-state index in [2.05, 4.69) is 275 Å². The molecule has 0 fully saturated rings. The summed E-state index contributed by atoms with van der Waals surface area (Å²) >= 11 is 0. The van der Waals surface area contributed by atoms with Crippen molar-refractivity contribution in [3.8, 4) is 22.3 Å². The van der Waals surface area contributed by atoms with Crippen molar-refractivity contribution >= 4 is 132 Å². The second-order valence-electron chi connectivity index (χ2n) is 22.8. The molecule has 0 spiro atoms. The first-order valence-electron chi connectivity index (χ1n) is 27.5. The number of anilines is 6. The van der Waals surface area contributed by atoms with E-state index in [-0.39, 0.29) is 0 Å². The van der Waals surface area contributed by atoms with E-state index in [1.807, 2.05) is 0 Å². The fraction of sp³-hybridized carbons (Fsp3) is 0.111. The molecule has 0 N–H and O–H groups in total. The summed E-state index contributed by atoms with van der Waals surface area (Å²) in [5.41, 5.74) is 18.4. The first-order valence-corrected chi connectivity index (χ1v) is 34.1. The standard InChI is InChI=1S/C72H60N2O2Si2/c1-45-42-47(44-77(3)4)30-36-53(45)55-22-14-24-57-59-26-16-28-65(71(59)75-69(55)57)73(50-18-10-8-11-19-50)63-40-33-48-32-38-62-64(41-34-49-31-37-61(63)67(48)68(49)62)74(51-20-12-9-13-21-51)66-29-17-27-60-58-25-15-23-56(70(58)76-72(60)66)54-39-35-52(43-46(54)2)78(5,6)7/h8-43,77H,44H2,1-7H3. The Balaban J connectivity index is 0.956. The Hall–Kier alpha value is -8.69. The highest BCUT2D eigenvalue weighted by Gasteiger charge is 2.27. The highest BCUT2D eigenvalue weighted by Crippen LogP contribution is 2.51. The van der Waals surface area contributed by atoms with Crippen LogP contribution in [0.3, 0.4) is 0 Å². The van der Waals surface area contributed by atoms with Crippen molar-refractivity contribution in [2.45, 2.75) is 52.6 Å². The molecule has 378 valence electrons. The van der Waals surface area contributed by atoms with Crippen LogP contribution in [0.2, 0.25) is 32.7 Å². The molecule has 0 radical (unpaired) electrons. The summed E-state index contributed by atoms with van der Waals surface area (Å²) < 4.78 is 14.5. The minimum atomic E-state index is -1.50. The van der Waals surface area contributed by atoms with Gasteiger partial charge in [0.2, 0.25) is 0 Å². The van der Waals surface area contributed by atoms with Gasteiger partial charge in [0.15, 0.2) is 11.2 Å². The van der Waals surface area contributed by atoms with E-state index in [1.54, 1.807) is 0 Å². The number of benzene rings is 12. The summed E-state index contributed by atoms with van der Waals surface area (Å²) in [5, 5.41) is 13.0. The predicted octanol–water partition coefficient (Wildman–Crippen LogP) is 20.4. The normalized spacial score (nSPS) is 12.2. The maximum absolute atomic E-state index is 7.25. The number of hydrogen-bond acceptors (Lipinski definition) is 4. The zero-order valence-electron chi connectivity index (χ0n) is 45.3. The van der Waals surface area contributed by atoms with E-state index in [4.69, 9.17) is 8.83 Å². The lowest BCUT2D eigenvalue weighted by Gasteiger charge is -2.29. The molecule has 0 unspecified atom stereocenters. The second kappa shape index (κ2) is 18.5. The van der Waals surface area contributed by atoms with Gasteiger partial charge in [0.1, 0.15) is 11.2 Å². The molecular weight excluding hydrogens is 981 g/mol. The Morgan fingerprint density at radius 3 is 1.26 bits per heavy atom. The van der Waals surface area contributed by atoms with E-state index >= 15 is 0 Å². The van der Waals surface area contributed by atoms with Crippen LogP contribution in [0.25, 0.3) is 98.4 Å². The predicted molar refractivity (Wildman–Crippen MR) is 340 cm³/mol. The molecule has 6 heteroatoms. The van der Waals surface area contributed by atoms with Crippen LogP contribution in [0, 0.1) is 13.8 Å². The quantitative estimate of drug-likeness (QED) is 0.0955. The van der Waals surface area contributed by atoms with Gasteiger partial charge in [0.25, 0.3) is 0 Å². The number of furan rings is 2. The lowest BCUT2D eigenvalue weighted by Crippen LogP contribution is -2.37. The van der Waals surface area contributed by atoms with Gasteiger partial charge >= 0.3 is 0 Å². The topological polar surface area (TPSA) is 32.8 Å². The van der Waals surface area contributed by atoms with Gasteiger partial charge in [0, 0.05) is 63.6 Å². The number of hydrogen-bond donors (Lipinski definition) is 0. The van der Waals surface area contributed by atoms with E-state index in [0.717, 1.165) is 99.9 Å². The minimum Gasteiger partial charge on any atom is -0.453 e. The van der Waals surface area contributed by atoms with Crippen LogP contribution in [-0.4, -0.2) is 16.9 Å². The van der Waals surface area contributed by atoms with E-state index in [1.165, 1.54) is 60.6 Å². The van der Waals surface area contributed by atoms with Crippen LogP contribution in [0.4, 0.5) is 34.1 Å². The summed E-state index contributed by atoms with van der Waals surface area (Å²) in [5.74, 6) is 0. The molecule has 0 aliphatic rings. The van der Waals surface area contributed by atoms with Crippen LogP contribution >= 0.6 is 0 Å². The summed E-state index contributed by atoms with van der Waals surface area (Å²) in [6.45, 7) is 16.6. The third kappa shape index (κ3) is 7.76. The zero-order chi connectivity index (χ0) is 53.0. The SMILES string of the molecule is Cc1cc(C[SiH](C)C)ccc1-c1cccc2c1oc1c(N(c3ccccc3)c3ccc4ccc5c(N(c6ccccc6)c6cccc7c6oc6c(-c8ccc([Si](C)(C)C)cc8C)cccc67)ccc6ccc3c4c65)cccc12. The van der Waals surface area contributed by atoms with Crippen molar-refractivity contribution in [2.75, 3.05) is 9.80 Å². The average Bonchev–Trinajstić information content (AvgIpc) is 4.19. The molecule has 0 aliphatic carbocycles. The number of para-hydroxylation sites is 6. The van der Waals surface area contributed by atoms with Crippen molar-refractivity contribution in [1.82, 2.24) is 0 Å². The maximum atomic E-state index is 7.25. The Morgan fingerprint density at radius 2 is 0.808 bits per heavy atom. The van der Waals surface area contributed by atoms with Crippen LogP contribution in [0.5, 0.6) is 0 Å². The molecule has 0 bridgehead atoms. The third-order valence-corrected chi connectivity index (χ3v) is 19.6. The van der Waals surface area contributed by atoms with Gasteiger partial charge in [-0.1, -0.05) is 213 Å². The Kier molecular flexibility index (Phi) is 11.3. The van der Waals surface area contributed by atoms with Crippen LogP contribution in [0.1, 0.15) is 16.7 Å². The van der Waals surface area contributed by atoms with Crippen LogP contribution in [0.15, 0.2) is 227 Å². The molecule has 0 saturated heterocycles. The van der Waals surface area contributed by atoms with Crippen molar-refractivity contribution in [3.05, 3.63) is 235 Å². The molecule has 2 aromatic heterocycles. The lowest BCUT2D eigenvalue weighted by molar-refractivity contribution is 0.670. The molecular formula is C72H60N2O2Si2. The van der Waals surface area contributed by atoms with Crippen molar-refractivity contribution in [1.29, 1.82) is 0 Å². The molecule has 78 heavy (non-hydrogen) atoms. The summed E-state index contributed by atoms with van der Waals surface area (Å²) in [7, 11) is -2.25. The van der Waals surface area contributed by atoms with Gasteiger partial charge in [-0.25, -0.2) is 0 Å².